The maximum atomic E-state index is 12.0. The first-order chi connectivity index (χ1) is 11.5. The first-order valence-corrected chi connectivity index (χ1v) is 8.08. The lowest BCUT2D eigenvalue weighted by molar-refractivity contribution is -0.131. The molecule has 24 heavy (non-hydrogen) atoms. The highest BCUT2D eigenvalue weighted by Gasteiger charge is 2.35. The Morgan fingerprint density at radius 1 is 1.08 bits per heavy atom. The Morgan fingerprint density at radius 3 is 1.96 bits per heavy atom. The Balaban J connectivity index is 2.27. The van der Waals surface area contributed by atoms with Crippen LogP contribution in [0, 0.1) is 0 Å². The van der Waals surface area contributed by atoms with Crippen molar-refractivity contribution in [3.05, 3.63) is 71.8 Å². The van der Waals surface area contributed by atoms with E-state index < -0.39 is 11.7 Å². The first-order valence-electron chi connectivity index (χ1n) is 8.08. The molecule has 0 saturated heterocycles. The van der Waals surface area contributed by atoms with Crippen molar-refractivity contribution in [1.29, 1.82) is 0 Å². The molecule has 0 radical (unpaired) electrons. The van der Waals surface area contributed by atoms with Gasteiger partial charge in [-0.25, -0.2) is 0 Å². The average molecular weight is 327 g/mol. The van der Waals surface area contributed by atoms with E-state index in [1.807, 2.05) is 60.7 Å². The summed E-state index contributed by atoms with van der Waals surface area (Å²) in [7, 11) is 1.49. The van der Waals surface area contributed by atoms with Crippen LogP contribution < -0.4 is 5.32 Å². The fraction of sp³-hybridized carbons (Fsp3) is 0.350. The third kappa shape index (κ3) is 4.43. The van der Waals surface area contributed by atoms with Gasteiger partial charge in [-0.3, -0.25) is 4.79 Å². The molecule has 1 amide bonds. The van der Waals surface area contributed by atoms with E-state index in [0.29, 0.717) is 0 Å². The molecule has 2 N–H and O–H groups in total. The van der Waals surface area contributed by atoms with Gasteiger partial charge in [0.05, 0.1) is 5.60 Å². The third-order valence-electron chi connectivity index (χ3n) is 4.23. The Bertz CT molecular complexity index is 601. The van der Waals surface area contributed by atoms with Gasteiger partial charge >= 0.3 is 0 Å². The fourth-order valence-corrected chi connectivity index (χ4v) is 2.82. The van der Waals surface area contributed by atoms with Crippen LogP contribution >= 0.6 is 0 Å². The standard InChI is InChI=1S/C20H25NO3/c1-15(24-3)19(22)21-14-20(2,23)18(16-10-6-4-7-11-16)17-12-8-5-9-13-17/h4-13,15,18,23H,14H2,1-3H3,(H,21,22)/t15-,20+/m1/s1. The molecule has 0 heterocycles. The van der Waals surface area contributed by atoms with Crippen LogP contribution in [0.3, 0.4) is 0 Å². The minimum atomic E-state index is -1.15. The molecule has 0 aliphatic rings. The van der Waals surface area contributed by atoms with Gasteiger partial charge in [0.25, 0.3) is 0 Å². The highest BCUT2D eigenvalue weighted by molar-refractivity contribution is 5.80. The second kappa shape index (κ2) is 8.08. The summed E-state index contributed by atoms with van der Waals surface area (Å²) >= 11 is 0. The van der Waals surface area contributed by atoms with Crippen LogP contribution in [-0.4, -0.2) is 36.4 Å². The van der Waals surface area contributed by atoms with E-state index in [2.05, 4.69) is 5.32 Å². The lowest BCUT2D eigenvalue weighted by Crippen LogP contribution is -2.47. The average Bonchev–Trinajstić information content (AvgIpc) is 2.61. The summed E-state index contributed by atoms with van der Waals surface area (Å²) in [5.74, 6) is -0.490. The van der Waals surface area contributed by atoms with Crippen molar-refractivity contribution in [2.24, 2.45) is 0 Å². The highest BCUT2D eigenvalue weighted by atomic mass is 16.5. The molecule has 4 heteroatoms. The molecule has 2 aromatic rings. The minimum Gasteiger partial charge on any atom is -0.387 e. The molecular formula is C20H25NO3. The van der Waals surface area contributed by atoms with Crippen LogP contribution in [0.2, 0.25) is 0 Å². The van der Waals surface area contributed by atoms with Crippen molar-refractivity contribution in [3.8, 4) is 0 Å². The Labute approximate surface area is 143 Å². The Morgan fingerprint density at radius 2 is 1.54 bits per heavy atom. The Kier molecular flexibility index (Phi) is 6.12. The zero-order valence-corrected chi connectivity index (χ0v) is 14.4. The summed E-state index contributed by atoms with van der Waals surface area (Å²) in [4.78, 5) is 12.0. The van der Waals surface area contributed by atoms with Gasteiger partial charge in [-0.1, -0.05) is 60.7 Å². The largest absolute Gasteiger partial charge is 0.387 e. The van der Waals surface area contributed by atoms with E-state index in [0.717, 1.165) is 11.1 Å². The molecule has 0 aliphatic heterocycles. The maximum absolute atomic E-state index is 12.0. The molecule has 2 aromatic carbocycles. The number of hydrogen-bond acceptors (Lipinski definition) is 3. The van der Waals surface area contributed by atoms with Crippen molar-refractivity contribution in [3.63, 3.8) is 0 Å². The summed E-state index contributed by atoms with van der Waals surface area (Å²) in [5.41, 5.74) is 0.858. The number of rotatable bonds is 7. The van der Waals surface area contributed by atoms with E-state index in [1.54, 1.807) is 13.8 Å². The number of carbonyl (C=O) groups excluding carboxylic acids is 1. The van der Waals surface area contributed by atoms with Crippen LogP contribution in [0.4, 0.5) is 0 Å². The van der Waals surface area contributed by atoms with Gasteiger partial charge in [-0.2, -0.15) is 0 Å². The van der Waals surface area contributed by atoms with Crippen molar-refractivity contribution in [1.82, 2.24) is 5.32 Å². The van der Waals surface area contributed by atoms with Gasteiger partial charge in [0, 0.05) is 19.6 Å². The van der Waals surface area contributed by atoms with Gasteiger partial charge < -0.3 is 15.2 Å². The van der Waals surface area contributed by atoms with Gasteiger partial charge in [0.2, 0.25) is 5.91 Å². The highest BCUT2D eigenvalue weighted by Crippen LogP contribution is 2.34. The maximum Gasteiger partial charge on any atom is 0.248 e. The summed E-state index contributed by atoms with van der Waals surface area (Å²) in [6, 6.07) is 19.7. The van der Waals surface area contributed by atoms with Crippen LogP contribution in [0.5, 0.6) is 0 Å². The quantitative estimate of drug-likeness (QED) is 0.822. The van der Waals surface area contributed by atoms with Crippen LogP contribution in [0.1, 0.15) is 30.9 Å². The fourth-order valence-electron chi connectivity index (χ4n) is 2.82. The number of benzene rings is 2. The van der Waals surface area contributed by atoms with E-state index in [4.69, 9.17) is 4.74 Å². The molecular weight excluding hydrogens is 302 g/mol. The molecule has 0 aromatic heterocycles. The van der Waals surface area contributed by atoms with E-state index in [9.17, 15) is 9.90 Å². The second-order valence-corrected chi connectivity index (χ2v) is 6.21. The summed E-state index contributed by atoms with van der Waals surface area (Å²) < 4.78 is 5.01. The topological polar surface area (TPSA) is 58.6 Å². The molecule has 0 bridgehead atoms. The molecule has 4 nitrogen and oxygen atoms in total. The van der Waals surface area contributed by atoms with Gasteiger partial charge in [-0.15, -0.1) is 0 Å². The SMILES string of the molecule is CO[C@H](C)C(=O)NC[C@](C)(O)C(c1ccccc1)c1ccccc1. The molecule has 0 saturated carbocycles. The number of carbonyl (C=O) groups is 1. The molecule has 0 unspecified atom stereocenters. The summed E-state index contributed by atoms with van der Waals surface area (Å²) in [6.07, 6.45) is -0.548. The van der Waals surface area contributed by atoms with Crippen molar-refractivity contribution in [2.75, 3.05) is 13.7 Å². The number of nitrogens with one attached hydrogen (secondary N) is 1. The van der Waals surface area contributed by atoms with Gasteiger partial charge in [-0.05, 0) is 25.0 Å². The minimum absolute atomic E-state index is 0.133. The number of amides is 1. The number of ether oxygens (including phenoxy) is 1. The van der Waals surface area contributed by atoms with Crippen LogP contribution in [0.15, 0.2) is 60.7 Å². The molecule has 2 rings (SSSR count). The van der Waals surface area contributed by atoms with Crippen molar-refractivity contribution in [2.45, 2.75) is 31.5 Å². The predicted octanol–water partition coefficient (Wildman–Crippen LogP) is 2.72. The third-order valence-corrected chi connectivity index (χ3v) is 4.23. The van der Waals surface area contributed by atoms with E-state index >= 15 is 0 Å². The van der Waals surface area contributed by atoms with E-state index in [-0.39, 0.29) is 18.4 Å². The molecule has 128 valence electrons. The number of hydrogen-bond donors (Lipinski definition) is 2. The zero-order valence-electron chi connectivity index (χ0n) is 14.4. The summed E-state index contributed by atoms with van der Waals surface area (Å²) in [5, 5.41) is 13.9. The zero-order chi connectivity index (χ0) is 17.6. The molecule has 0 spiro atoms. The summed E-state index contributed by atoms with van der Waals surface area (Å²) in [6.45, 7) is 3.55. The van der Waals surface area contributed by atoms with Crippen molar-refractivity contribution < 1.29 is 14.6 Å². The number of aliphatic hydroxyl groups is 1. The van der Waals surface area contributed by atoms with Crippen LogP contribution in [0.25, 0.3) is 0 Å². The molecule has 0 aliphatic carbocycles. The molecule has 2 atom stereocenters. The first kappa shape index (κ1) is 18.2. The Hall–Kier alpha value is -2.17. The predicted molar refractivity (Wildman–Crippen MR) is 94.8 cm³/mol. The van der Waals surface area contributed by atoms with Crippen molar-refractivity contribution >= 4 is 5.91 Å². The van der Waals surface area contributed by atoms with Crippen LogP contribution in [-0.2, 0) is 9.53 Å². The smallest absolute Gasteiger partial charge is 0.248 e. The monoisotopic (exact) mass is 327 g/mol. The lowest BCUT2D eigenvalue weighted by Gasteiger charge is -2.34. The lowest BCUT2D eigenvalue weighted by atomic mass is 9.78. The second-order valence-electron chi connectivity index (χ2n) is 6.21. The molecule has 0 fully saturated rings. The number of methoxy groups -OCH3 is 1. The van der Waals surface area contributed by atoms with E-state index in [1.165, 1.54) is 7.11 Å². The van der Waals surface area contributed by atoms with Gasteiger partial charge in [0.1, 0.15) is 6.10 Å². The normalized spacial score (nSPS) is 14.9. The van der Waals surface area contributed by atoms with Gasteiger partial charge in [0.15, 0.2) is 0 Å².